The van der Waals surface area contributed by atoms with E-state index < -0.39 is 23.3 Å². The zero-order valence-electron chi connectivity index (χ0n) is 17.5. The molecule has 2 aliphatic carbocycles. The van der Waals surface area contributed by atoms with Crippen LogP contribution in [0, 0.1) is 29.2 Å². The molecule has 4 rings (SSSR count). The zero-order valence-corrected chi connectivity index (χ0v) is 17.5. The van der Waals surface area contributed by atoms with Gasteiger partial charge in [-0.05, 0) is 79.0 Å². The van der Waals surface area contributed by atoms with Crippen molar-refractivity contribution in [3.05, 3.63) is 70.3 Å². The molecule has 0 spiro atoms. The number of aryl methyl sites for hydroxylation is 1. The summed E-state index contributed by atoms with van der Waals surface area (Å²) >= 11 is 0. The lowest BCUT2D eigenvalue weighted by atomic mass is 9.76. The smallest absolute Gasteiger partial charge is 0.167 e. The third-order valence-electron chi connectivity index (χ3n) is 6.91. The third kappa shape index (κ3) is 3.59. The molecule has 0 amide bonds. The van der Waals surface area contributed by atoms with E-state index in [1.54, 1.807) is 18.2 Å². The second-order valence-electron chi connectivity index (χ2n) is 8.84. The second kappa shape index (κ2) is 8.56. The summed E-state index contributed by atoms with van der Waals surface area (Å²) in [5.41, 5.74) is 1.55. The van der Waals surface area contributed by atoms with E-state index in [4.69, 9.17) is 0 Å². The molecule has 0 unspecified atom stereocenters. The molecule has 1 fully saturated rings. The molecule has 0 aromatic heterocycles. The predicted octanol–water partition coefficient (Wildman–Crippen LogP) is 8.01. The van der Waals surface area contributed by atoms with Crippen molar-refractivity contribution in [2.75, 3.05) is 0 Å². The van der Waals surface area contributed by atoms with Crippen LogP contribution in [-0.4, -0.2) is 0 Å². The molecule has 0 bridgehead atoms. The highest BCUT2D eigenvalue weighted by atomic mass is 19.2. The lowest BCUT2D eigenvalue weighted by Gasteiger charge is -2.29. The molecule has 0 saturated heterocycles. The van der Waals surface area contributed by atoms with Gasteiger partial charge in [-0.15, -0.1) is 6.58 Å². The summed E-state index contributed by atoms with van der Waals surface area (Å²) in [7, 11) is 0. The molecule has 2 aromatic carbocycles. The molecule has 0 radical (unpaired) electrons. The number of hydrogen-bond donors (Lipinski definition) is 0. The van der Waals surface area contributed by atoms with E-state index in [1.165, 1.54) is 6.42 Å². The first-order valence-corrected chi connectivity index (χ1v) is 11.1. The van der Waals surface area contributed by atoms with E-state index in [1.807, 2.05) is 0 Å². The van der Waals surface area contributed by atoms with Gasteiger partial charge in [0, 0.05) is 11.1 Å². The number of allylic oxidation sites excluding steroid dienone is 1. The van der Waals surface area contributed by atoms with Crippen LogP contribution in [0.3, 0.4) is 0 Å². The number of halogens is 4. The average molecular weight is 417 g/mol. The average Bonchev–Trinajstić information content (AvgIpc) is 3.11. The minimum Gasteiger partial charge on any atom is -0.203 e. The highest BCUT2D eigenvalue weighted by Gasteiger charge is 2.34. The first kappa shape index (κ1) is 21.1. The van der Waals surface area contributed by atoms with Crippen molar-refractivity contribution in [1.82, 2.24) is 0 Å². The molecule has 0 heterocycles. The summed E-state index contributed by atoms with van der Waals surface area (Å²) in [4.78, 5) is 0. The van der Waals surface area contributed by atoms with E-state index in [9.17, 15) is 8.78 Å². The Morgan fingerprint density at radius 3 is 2.17 bits per heavy atom. The molecular formula is C26H28F4. The summed E-state index contributed by atoms with van der Waals surface area (Å²) < 4.78 is 59.6. The Morgan fingerprint density at radius 1 is 0.900 bits per heavy atom. The summed E-state index contributed by atoms with van der Waals surface area (Å²) in [5.74, 6) is -3.31. The van der Waals surface area contributed by atoms with E-state index >= 15 is 8.78 Å². The quantitative estimate of drug-likeness (QED) is 0.282. The maximum absolute atomic E-state index is 15.1. The zero-order chi connectivity index (χ0) is 21.4. The van der Waals surface area contributed by atoms with Gasteiger partial charge in [-0.25, -0.2) is 17.6 Å². The van der Waals surface area contributed by atoms with Gasteiger partial charge in [-0.1, -0.05) is 38.0 Å². The first-order chi connectivity index (χ1) is 14.5. The van der Waals surface area contributed by atoms with Gasteiger partial charge in [0.2, 0.25) is 0 Å². The van der Waals surface area contributed by atoms with Crippen LogP contribution in [0.5, 0.6) is 0 Å². The molecule has 160 valence electrons. The fraction of sp³-hybridized carbons (Fsp3) is 0.462. The van der Waals surface area contributed by atoms with Crippen molar-refractivity contribution in [1.29, 1.82) is 0 Å². The van der Waals surface area contributed by atoms with E-state index in [2.05, 4.69) is 13.5 Å². The molecule has 4 heteroatoms. The van der Waals surface area contributed by atoms with Crippen LogP contribution in [0.2, 0.25) is 0 Å². The summed E-state index contributed by atoms with van der Waals surface area (Å²) in [6, 6.07) is 3.31. The molecule has 0 N–H and O–H groups in total. The van der Waals surface area contributed by atoms with Gasteiger partial charge in [0.1, 0.15) is 0 Å². The lowest BCUT2D eigenvalue weighted by Crippen LogP contribution is -2.15. The Hall–Kier alpha value is -2.10. The van der Waals surface area contributed by atoms with Gasteiger partial charge in [-0.2, -0.15) is 0 Å². The van der Waals surface area contributed by atoms with Crippen molar-refractivity contribution in [2.45, 2.75) is 70.6 Å². The maximum Gasteiger partial charge on any atom is 0.167 e. The standard InChI is InChI=1S/C26H28F4/c1-3-5-7-17-12-18-13-19-14-20(16-10-8-15(6-4-2)9-11-16)24(28)26(30)22(19)21(18)25(29)23(17)27/h3,12,14-16H,1,4-11,13H2,2H3. The van der Waals surface area contributed by atoms with Gasteiger partial charge >= 0.3 is 0 Å². The largest absolute Gasteiger partial charge is 0.203 e. The van der Waals surface area contributed by atoms with Gasteiger partial charge in [0.15, 0.2) is 23.3 Å². The number of fused-ring (bicyclic) bond motifs is 3. The molecule has 30 heavy (non-hydrogen) atoms. The Labute approximate surface area is 176 Å². The Balaban J connectivity index is 1.69. The highest BCUT2D eigenvalue weighted by Crippen LogP contribution is 2.46. The van der Waals surface area contributed by atoms with Crippen molar-refractivity contribution < 1.29 is 17.6 Å². The van der Waals surface area contributed by atoms with E-state index in [0.717, 1.165) is 32.1 Å². The Bertz CT molecular complexity index is 968. The molecule has 2 aromatic rings. The van der Waals surface area contributed by atoms with Crippen molar-refractivity contribution in [2.24, 2.45) is 5.92 Å². The fourth-order valence-electron chi connectivity index (χ4n) is 5.37. The van der Waals surface area contributed by atoms with Crippen LogP contribution in [-0.2, 0) is 12.8 Å². The van der Waals surface area contributed by atoms with Crippen molar-refractivity contribution in [3.8, 4) is 11.1 Å². The van der Waals surface area contributed by atoms with Gasteiger partial charge in [-0.3, -0.25) is 0 Å². The van der Waals surface area contributed by atoms with Crippen LogP contribution in [0.15, 0.2) is 24.8 Å². The van der Waals surface area contributed by atoms with Crippen LogP contribution >= 0.6 is 0 Å². The van der Waals surface area contributed by atoms with Gasteiger partial charge < -0.3 is 0 Å². The van der Waals surface area contributed by atoms with Crippen LogP contribution in [0.25, 0.3) is 11.1 Å². The number of hydrogen-bond acceptors (Lipinski definition) is 0. The predicted molar refractivity (Wildman–Crippen MR) is 113 cm³/mol. The molecule has 0 nitrogen and oxygen atoms in total. The number of rotatable bonds is 6. The molecule has 0 aliphatic heterocycles. The molecule has 1 saturated carbocycles. The van der Waals surface area contributed by atoms with Crippen molar-refractivity contribution >= 4 is 0 Å². The highest BCUT2D eigenvalue weighted by molar-refractivity contribution is 5.79. The second-order valence-corrected chi connectivity index (χ2v) is 8.84. The maximum atomic E-state index is 15.1. The SMILES string of the molecule is C=CCCc1cc2c(c(F)c1F)-c1c(cc(C3CCC(CCC)CC3)c(F)c1F)C2. The van der Waals surface area contributed by atoms with Gasteiger partial charge in [0.05, 0.1) is 0 Å². The molecule has 0 atom stereocenters. The first-order valence-electron chi connectivity index (χ1n) is 11.1. The Morgan fingerprint density at radius 2 is 1.53 bits per heavy atom. The minimum atomic E-state index is -1.07. The van der Waals surface area contributed by atoms with Crippen LogP contribution in [0.4, 0.5) is 17.6 Å². The fourth-order valence-corrected chi connectivity index (χ4v) is 5.37. The van der Waals surface area contributed by atoms with Crippen molar-refractivity contribution in [3.63, 3.8) is 0 Å². The molecule has 2 aliphatic rings. The normalized spacial score (nSPS) is 20.2. The molecular weight excluding hydrogens is 388 g/mol. The topological polar surface area (TPSA) is 0 Å². The lowest BCUT2D eigenvalue weighted by molar-refractivity contribution is 0.303. The monoisotopic (exact) mass is 416 g/mol. The van der Waals surface area contributed by atoms with Crippen LogP contribution < -0.4 is 0 Å². The summed E-state index contributed by atoms with van der Waals surface area (Å²) in [6.07, 6.45) is 8.90. The minimum absolute atomic E-state index is 0.00801. The number of benzene rings is 2. The third-order valence-corrected chi connectivity index (χ3v) is 6.91. The summed E-state index contributed by atoms with van der Waals surface area (Å²) in [5, 5.41) is 0. The summed E-state index contributed by atoms with van der Waals surface area (Å²) in [6.45, 7) is 5.79. The Kier molecular flexibility index (Phi) is 6.04. The van der Waals surface area contributed by atoms with Crippen LogP contribution in [0.1, 0.15) is 80.0 Å². The van der Waals surface area contributed by atoms with E-state index in [-0.39, 0.29) is 22.6 Å². The van der Waals surface area contributed by atoms with Gasteiger partial charge in [0.25, 0.3) is 0 Å². The van der Waals surface area contributed by atoms with E-state index in [0.29, 0.717) is 41.9 Å².